The van der Waals surface area contributed by atoms with Crippen LogP contribution in [0, 0.1) is 0 Å². The van der Waals surface area contributed by atoms with E-state index in [1.807, 2.05) is 243 Å². The van der Waals surface area contributed by atoms with Crippen molar-refractivity contribution in [2.45, 2.75) is 5.41 Å². The molecule has 0 unspecified atom stereocenters. The molecule has 0 saturated carbocycles. The summed E-state index contributed by atoms with van der Waals surface area (Å²) in [6.45, 7) is 0. The van der Waals surface area contributed by atoms with E-state index in [4.69, 9.17) is 17.7 Å². The smallest absolute Gasteiger partial charge is 0.248 e. The number of rotatable bonds is 24. The predicted octanol–water partition coefficient (Wildman–Crippen LogP) is 26.8. The average molecular weight is 1570 g/mol. The fourth-order valence-electron chi connectivity index (χ4n) is 15.7. The van der Waals surface area contributed by atoms with Crippen LogP contribution in [-0.4, -0.2) is 40.8 Å². The third-order valence-electron chi connectivity index (χ3n) is 21.6. The first kappa shape index (κ1) is 73.2. The van der Waals surface area contributed by atoms with Gasteiger partial charge in [-0.25, -0.2) is 0 Å². The van der Waals surface area contributed by atoms with Gasteiger partial charge in [0.05, 0.1) is 5.41 Å². The van der Waals surface area contributed by atoms with Gasteiger partial charge in [0.2, 0.25) is 47.1 Å². The molecule has 0 spiro atoms. The predicted molar refractivity (Wildman–Crippen MR) is 478 cm³/mol. The number of nitrogens with zero attached hydrogens (tertiary/aromatic N) is 12. The third kappa shape index (κ3) is 14.8. The van der Waals surface area contributed by atoms with Gasteiger partial charge in [0.15, 0.2) is 0 Å². The summed E-state index contributed by atoms with van der Waals surface area (Å²) in [6.07, 6.45) is 0. The summed E-state index contributed by atoms with van der Waals surface area (Å²) in [5.41, 5.74) is 20.7. The summed E-state index contributed by atoms with van der Waals surface area (Å²) >= 11 is 0. The molecule has 0 aliphatic carbocycles. The van der Waals surface area contributed by atoms with Crippen LogP contribution in [0.15, 0.2) is 454 Å². The molecule has 0 aliphatic heterocycles. The van der Waals surface area contributed by atoms with Crippen LogP contribution in [0.2, 0.25) is 0 Å². The van der Waals surface area contributed by atoms with Crippen molar-refractivity contribution < 1.29 is 17.7 Å². The first-order valence-corrected chi connectivity index (χ1v) is 39.8. The highest BCUT2D eigenvalue weighted by Gasteiger charge is 2.39. The Hall–Kier alpha value is -16.7. The molecule has 0 amide bonds. The molecule has 0 fully saturated rings. The Labute approximate surface area is 698 Å². The number of anilines is 12. The standard InChI is InChI=1S/C105H72N12O4/c1-9-25-85(26-10-1)114(86-27-11-2-12-28-86)93-65-49-77(50-66-93)101-110-106-97(118-101)73-41-57-81(58-42-73)105(82-59-43-74(44-60-82)98-107-111-102(119-98)78-51-67-94(68-52-78)115(87-29-13-3-14-30-87)88-31-15-4-16-32-88,83-61-45-75(46-62-83)99-108-112-103(120-99)79-53-69-95(70-54-79)116(89-33-17-5-18-34-89)90-35-19-6-20-36-90)84-63-47-76(48-64-84)100-109-113-104(121-100)80-55-71-96(72-56-80)117(91-37-21-7-22-38-91)92-39-23-8-24-40-92/h1-72H. The van der Waals surface area contributed by atoms with Crippen molar-refractivity contribution >= 4 is 68.2 Å². The fourth-order valence-corrected chi connectivity index (χ4v) is 15.7. The zero-order valence-electron chi connectivity index (χ0n) is 65.1. The lowest BCUT2D eigenvalue weighted by Crippen LogP contribution is -2.31. The van der Waals surface area contributed by atoms with Crippen LogP contribution in [-0.2, 0) is 5.41 Å². The molecule has 0 saturated heterocycles. The second kappa shape index (κ2) is 32.9. The summed E-state index contributed by atoms with van der Waals surface area (Å²) in [7, 11) is 0. The van der Waals surface area contributed by atoms with Crippen molar-refractivity contribution in [3.8, 4) is 91.6 Å². The maximum atomic E-state index is 6.60. The molecule has 576 valence electrons. The van der Waals surface area contributed by atoms with Crippen LogP contribution in [0.5, 0.6) is 0 Å². The topological polar surface area (TPSA) is 169 Å². The molecular formula is C105H72N12O4. The van der Waals surface area contributed by atoms with Gasteiger partial charge in [-0.15, -0.1) is 40.8 Å². The highest BCUT2D eigenvalue weighted by atomic mass is 16.4. The van der Waals surface area contributed by atoms with Crippen molar-refractivity contribution in [2.24, 2.45) is 0 Å². The largest absolute Gasteiger partial charge is 0.416 e. The zero-order chi connectivity index (χ0) is 80.7. The monoisotopic (exact) mass is 1560 g/mol. The van der Waals surface area contributed by atoms with E-state index in [1.165, 1.54) is 0 Å². The first-order chi connectivity index (χ1) is 59.9. The summed E-state index contributed by atoms with van der Waals surface area (Å²) in [5, 5.41) is 37.2. The maximum Gasteiger partial charge on any atom is 0.248 e. The Morgan fingerprint density at radius 3 is 0.380 bits per heavy atom. The number of para-hydroxylation sites is 8. The van der Waals surface area contributed by atoms with Gasteiger partial charge in [-0.1, -0.05) is 194 Å². The minimum absolute atomic E-state index is 0.355. The summed E-state index contributed by atoms with van der Waals surface area (Å²) in [5.74, 6) is 2.95. The Balaban J connectivity index is 0.668. The second-order valence-electron chi connectivity index (χ2n) is 28.9. The van der Waals surface area contributed by atoms with Crippen LogP contribution in [0.3, 0.4) is 0 Å². The lowest BCUT2D eigenvalue weighted by atomic mass is 9.65. The van der Waals surface area contributed by atoms with E-state index in [2.05, 4.69) is 255 Å². The molecule has 0 N–H and O–H groups in total. The SMILES string of the molecule is c1ccc(N(c2ccccc2)c2ccc(-c3nnc(-c4ccc(C(c5ccc(-c6nnc(-c7ccc(N(c8ccccc8)c8ccccc8)cc7)o6)cc5)(c5ccc(-c6nnc(-c7ccc(N(c8ccccc8)c8ccccc8)cc7)o6)cc5)c5ccc(-c6nnc(-c7ccc(N(c8ccccc8)c8ccccc8)cc7)o6)cc5)cc4)o3)cc2)cc1. The van der Waals surface area contributed by atoms with E-state index in [9.17, 15) is 0 Å². The molecule has 16 heteroatoms. The Morgan fingerprint density at radius 2 is 0.248 bits per heavy atom. The Bertz CT molecular complexity index is 5820. The zero-order valence-corrected chi connectivity index (χ0v) is 65.1. The van der Waals surface area contributed by atoms with Gasteiger partial charge < -0.3 is 37.3 Å². The van der Waals surface area contributed by atoms with Gasteiger partial charge in [-0.2, -0.15) is 0 Å². The quantitative estimate of drug-likeness (QED) is 0.0523. The van der Waals surface area contributed by atoms with E-state index in [0.29, 0.717) is 47.1 Å². The molecule has 0 bridgehead atoms. The highest BCUT2D eigenvalue weighted by Crippen LogP contribution is 2.49. The first-order valence-electron chi connectivity index (χ1n) is 39.8. The Kier molecular flexibility index (Phi) is 19.9. The Morgan fingerprint density at radius 1 is 0.132 bits per heavy atom. The molecule has 4 aromatic heterocycles. The van der Waals surface area contributed by atoms with E-state index in [1.54, 1.807) is 0 Å². The van der Waals surface area contributed by atoms with Crippen molar-refractivity contribution in [3.05, 3.63) is 459 Å². The molecule has 16 nitrogen and oxygen atoms in total. The van der Waals surface area contributed by atoms with E-state index in [-0.39, 0.29) is 0 Å². The maximum absolute atomic E-state index is 6.60. The number of aromatic nitrogens is 8. The average Bonchev–Trinajstić information content (AvgIpc) is 1.06. The molecule has 16 aromatic carbocycles. The molecule has 0 aliphatic rings. The summed E-state index contributed by atoms with van der Waals surface area (Å²) in [6, 6.07) is 148. The van der Waals surface area contributed by atoms with Crippen molar-refractivity contribution in [3.63, 3.8) is 0 Å². The fraction of sp³-hybridized carbons (Fsp3) is 0.00952. The van der Waals surface area contributed by atoms with Crippen LogP contribution in [0.4, 0.5) is 68.2 Å². The second-order valence-corrected chi connectivity index (χ2v) is 28.9. The van der Waals surface area contributed by atoms with Crippen LogP contribution in [0.25, 0.3) is 91.6 Å². The lowest BCUT2D eigenvalue weighted by molar-refractivity contribution is 0.584. The highest BCUT2D eigenvalue weighted by molar-refractivity contribution is 5.83. The normalized spacial score (nSPS) is 11.3. The number of hydrogen-bond acceptors (Lipinski definition) is 16. The molecule has 20 aromatic rings. The minimum atomic E-state index is -1.08. The van der Waals surface area contributed by atoms with Crippen molar-refractivity contribution in [1.82, 2.24) is 40.8 Å². The molecule has 121 heavy (non-hydrogen) atoms. The summed E-state index contributed by atoms with van der Waals surface area (Å²) < 4.78 is 26.4. The van der Waals surface area contributed by atoms with Gasteiger partial charge >= 0.3 is 0 Å². The molecular weight excluding hydrogens is 1490 g/mol. The number of hydrogen-bond donors (Lipinski definition) is 0. The summed E-state index contributed by atoms with van der Waals surface area (Å²) in [4.78, 5) is 8.86. The van der Waals surface area contributed by atoms with Crippen LogP contribution < -0.4 is 19.6 Å². The molecule has 20 rings (SSSR count). The van der Waals surface area contributed by atoms with Crippen LogP contribution in [0.1, 0.15) is 22.3 Å². The molecule has 4 heterocycles. The molecule has 0 radical (unpaired) electrons. The minimum Gasteiger partial charge on any atom is -0.416 e. The van der Waals surface area contributed by atoms with E-state index < -0.39 is 5.41 Å². The van der Waals surface area contributed by atoms with E-state index >= 15 is 0 Å². The molecule has 0 atom stereocenters. The third-order valence-corrected chi connectivity index (χ3v) is 21.6. The van der Waals surface area contributed by atoms with Gasteiger partial charge in [0, 0.05) is 113 Å². The van der Waals surface area contributed by atoms with Gasteiger partial charge in [0.1, 0.15) is 0 Å². The van der Waals surface area contributed by atoms with Crippen molar-refractivity contribution in [2.75, 3.05) is 19.6 Å². The van der Waals surface area contributed by atoms with Crippen molar-refractivity contribution in [1.29, 1.82) is 0 Å². The van der Waals surface area contributed by atoms with Gasteiger partial charge in [-0.05, 0) is 265 Å². The lowest BCUT2D eigenvalue weighted by Gasteiger charge is -2.37. The number of benzene rings is 16. The van der Waals surface area contributed by atoms with Gasteiger partial charge in [0.25, 0.3) is 0 Å². The van der Waals surface area contributed by atoms with Gasteiger partial charge in [-0.3, -0.25) is 0 Å². The van der Waals surface area contributed by atoms with E-state index in [0.717, 1.165) is 135 Å². The van der Waals surface area contributed by atoms with Crippen LogP contribution >= 0.6 is 0 Å².